The van der Waals surface area contributed by atoms with E-state index in [4.69, 9.17) is 55.9 Å². The monoisotopic (exact) mass is 384 g/mol. The smallest absolute Gasteiger partial charge is 0.336 e. The van der Waals surface area contributed by atoms with Gasteiger partial charge < -0.3 is 9.47 Å². The van der Waals surface area contributed by atoms with E-state index in [1.165, 1.54) is 6.07 Å². The van der Waals surface area contributed by atoms with Crippen molar-refractivity contribution in [2.75, 3.05) is 6.61 Å². The van der Waals surface area contributed by atoms with E-state index in [0.29, 0.717) is 6.61 Å². The fourth-order valence-corrected chi connectivity index (χ4v) is 2.26. The van der Waals surface area contributed by atoms with Crippen LogP contribution in [0.3, 0.4) is 0 Å². The van der Waals surface area contributed by atoms with Crippen molar-refractivity contribution < 1.29 is 19.1 Å². The van der Waals surface area contributed by atoms with E-state index in [0.717, 1.165) is 25.0 Å². The average molecular weight is 386 g/mol. The predicted octanol–water partition coefficient (Wildman–Crippen LogP) is 5.11. The molecule has 0 unspecified atom stereocenters. The van der Waals surface area contributed by atoms with Crippen molar-refractivity contribution >= 4 is 58.3 Å². The molecule has 8 heteroatoms. The number of carbonyl (C=O) groups excluding carboxylic acids is 2. The van der Waals surface area contributed by atoms with Gasteiger partial charge in [-0.25, -0.2) is 9.59 Å². The van der Waals surface area contributed by atoms with Crippen LogP contribution in [-0.4, -0.2) is 18.5 Å². The molecular weight excluding hydrogens is 374 g/mol. The molecular formula is C14H12Cl4O4. The summed E-state index contributed by atoms with van der Waals surface area (Å²) < 4.78 is 9.79. The van der Waals surface area contributed by atoms with E-state index in [2.05, 4.69) is 0 Å². The molecule has 0 amide bonds. The highest BCUT2D eigenvalue weighted by molar-refractivity contribution is 6.50. The molecule has 22 heavy (non-hydrogen) atoms. The highest BCUT2D eigenvalue weighted by Gasteiger charge is 2.17. The Bertz CT molecular complexity index is 599. The van der Waals surface area contributed by atoms with Crippen LogP contribution in [0.2, 0.25) is 20.1 Å². The fourth-order valence-electron chi connectivity index (χ4n) is 1.28. The number of halogens is 4. The number of hydrogen-bond donors (Lipinski definition) is 0. The van der Waals surface area contributed by atoms with Gasteiger partial charge in [-0.2, -0.15) is 0 Å². The number of rotatable bonds is 6. The third-order valence-corrected chi connectivity index (χ3v) is 3.90. The largest absolute Gasteiger partial charge is 0.463 e. The Labute approximate surface area is 147 Å². The highest BCUT2D eigenvalue weighted by atomic mass is 35.5. The van der Waals surface area contributed by atoms with Crippen LogP contribution >= 0.6 is 46.4 Å². The van der Waals surface area contributed by atoms with Crippen LogP contribution in [-0.2, 0) is 14.3 Å². The van der Waals surface area contributed by atoms with Crippen molar-refractivity contribution in [3.63, 3.8) is 0 Å². The SMILES string of the molecule is CCCCOC(=O)/C=C/C(=O)Oc1c(Cl)cc(Cl)c(Cl)c1Cl. The minimum Gasteiger partial charge on any atom is -0.463 e. The fraction of sp³-hybridized carbons (Fsp3) is 0.286. The van der Waals surface area contributed by atoms with Gasteiger partial charge in [-0.15, -0.1) is 0 Å². The maximum Gasteiger partial charge on any atom is 0.336 e. The van der Waals surface area contributed by atoms with Gasteiger partial charge in [0.1, 0.15) is 5.02 Å². The number of carbonyl (C=O) groups is 2. The molecule has 0 aromatic heterocycles. The highest BCUT2D eigenvalue weighted by Crippen LogP contribution is 2.42. The first-order valence-electron chi connectivity index (χ1n) is 6.26. The Balaban J connectivity index is 2.70. The summed E-state index contributed by atoms with van der Waals surface area (Å²) in [5.74, 6) is -1.63. The summed E-state index contributed by atoms with van der Waals surface area (Å²) in [5.41, 5.74) is 0. The van der Waals surface area contributed by atoms with Crippen molar-refractivity contribution in [2.45, 2.75) is 19.8 Å². The Morgan fingerprint density at radius 2 is 1.68 bits per heavy atom. The summed E-state index contributed by atoms with van der Waals surface area (Å²) in [6.07, 6.45) is 3.51. The van der Waals surface area contributed by atoms with Gasteiger partial charge in [0.05, 0.1) is 21.7 Å². The molecule has 0 aliphatic heterocycles. The second-order valence-corrected chi connectivity index (χ2v) is 5.64. The summed E-state index contributed by atoms with van der Waals surface area (Å²) in [4.78, 5) is 22.9. The van der Waals surface area contributed by atoms with E-state index >= 15 is 0 Å². The zero-order valence-electron chi connectivity index (χ0n) is 11.5. The second-order valence-electron chi connectivity index (χ2n) is 4.07. The molecule has 0 radical (unpaired) electrons. The standard InChI is InChI=1S/C14H12Cl4O4/c1-2-3-6-21-10(19)4-5-11(20)22-14-9(16)7-8(15)12(17)13(14)18/h4-5,7H,2-3,6H2,1H3/b5-4+. The summed E-state index contributed by atoms with van der Waals surface area (Å²) in [6, 6.07) is 1.29. The Hall–Kier alpha value is -0.940. The molecule has 120 valence electrons. The molecule has 1 aromatic rings. The van der Waals surface area contributed by atoms with E-state index in [9.17, 15) is 9.59 Å². The van der Waals surface area contributed by atoms with Gasteiger partial charge >= 0.3 is 11.9 Å². The van der Waals surface area contributed by atoms with Crippen molar-refractivity contribution in [3.8, 4) is 5.75 Å². The Morgan fingerprint density at radius 1 is 1.05 bits per heavy atom. The first-order chi connectivity index (χ1) is 10.4. The minimum atomic E-state index is -0.852. The lowest BCUT2D eigenvalue weighted by Gasteiger charge is -2.09. The van der Waals surface area contributed by atoms with Gasteiger partial charge in [0.15, 0.2) is 5.75 Å². The first-order valence-corrected chi connectivity index (χ1v) is 7.77. The minimum absolute atomic E-state index is 0.0125. The topological polar surface area (TPSA) is 52.6 Å². The third-order valence-electron chi connectivity index (χ3n) is 2.37. The number of hydrogen-bond acceptors (Lipinski definition) is 4. The van der Waals surface area contributed by atoms with Crippen LogP contribution in [0.15, 0.2) is 18.2 Å². The lowest BCUT2D eigenvalue weighted by Crippen LogP contribution is -2.08. The molecule has 0 saturated heterocycles. The zero-order valence-corrected chi connectivity index (χ0v) is 14.5. The normalized spacial score (nSPS) is 10.8. The maximum absolute atomic E-state index is 11.6. The number of unbranched alkanes of at least 4 members (excludes halogenated alkanes) is 1. The molecule has 1 aromatic carbocycles. The van der Waals surface area contributed by atoms with Crippen LogP contribution in [0.25, 0.3) is 0 Å². The van der Waals surface area contributed by atoms with Crippen LogP contribution < -0.4 is 4.74 Å². The molecule has 0 spiro atoms. The molecule has 0 saturated carbocycles. The van der Waals surface area contributed by atoms with Gasteiger partial charge in [-0.05, 0) is 12.5 Å². The van der Waals surface area contributed by atoms with E-state index < -0.39 is 11.9 Å². The van der Waals surface area contributed by atoms with Crippen molar-refractivity contribution in [3.05, 3.63) is 38.3 Å². The van der Waals surface area contributed by atoms with Crippen molar-refractivity contribution in [1.29, 1.82) is 0 Å². The van der Waals surface area contributed by atoms with Crippen molar-refractivity contribution in [1.82, 2.24) is 0 Å². The molecule has 1 rings (SSSR count). The summed E-state index contributed by atoms with van der Waals surface area (Å²) in [6.45, 7) is 2.25. The molecule has 0 atom stereocenters. The summed E-state index contributed by atoms with van der Waals surface area (Å²) in [7, 11) is 0. The third kappa shape index (κ3) is 5.69. The van der Waals surface area contributed by atoms with Gasteiger partial charge in [0, 0.05) is 12.2 Å². The summed E-state index contributed by atoms with van der Waals surface area (Å²) >= 11 is 23.4. The van der Waals surface area contributed by atoms with Crippen LogP contribution in [0.5, 0.6) is 5.75 Å². The van der Waals surface area contributed by atoms with Crippen LogP contribution in [0, 0.1) is 0 Å². The lowest BCUT2D eigenvalue weighted by atomic mass is 10.3. The molecule has 4 nitrogen and oxygen atoms in total. The molecule has 0 heterocycles. The zero-order chi connectivity index (χ0) is 16.7. The quantitative estimate of drug-likeness (QED) is 0.170. The number of esters is 2. The number of ether oxygens (including phenoxy) is 2. The molecule has 0 fully saturated rings. The molecule has 0 N–H and O–H groups in total. The second kappa shape index (κ2) is 9.26. The first kappa shape index (κ1) is 19.1. The Kier molecular flexibility index (Phi) is 8.04. The van der Waals surface area contributed by atoms with Crippen LogP contribution in [0.4, 0.5) is 0 Å². The molecule has 0 aliphatic rings. The summed E-state index contributed by atoms with van der Waals surface area (Å²) in [5, 5.41) is 0.0723. The van der Waals surface area contributed by atoms with Crippen LogP contribution in [0.1, 0.15) is 19.8 Å². The van der Waals surface area contributed by atoms with Gasteiger partial charge in [0.25, 0.3) is 0 Å². The van der Waals surface area contributed by atoms with E-state index in [-0.39, 0.29) is 25.8 Å². The lowest BCUT2D eigenvalue weighted by molar-refractivity contribution is -0.138. The maximum atomic E-state index is 11.6. The van der Waals surface area contributed by atoms with Gasteiger partial charge in [-0.3, -0.25) is 0 Å². The van der Waals surface area contributed by atoms with Gasteiger partial charge in [0.2, 0.25) is 0 Å². The molecule has 0 bridgehead atoms. The average Bonchev–Trinajstić information content (AvgIpc) is 2.47. The van der Waals surface area contributed by atoms with Gasteiger partial charge in [-0.1, -0.05) is 59.7 Å². The van der Waals surface area contributed by atoms with E-state index in [1.807, 2.05) is 6.92 Å². The molecule has 0 aliphatic carbocycles. The van der Waals surface area contributed by atoms with Crippen molar-refractivity contribution in [2.24, 2.45) is 0 Å². The van der Waals surface area contributed by atoms with E-state index in [1.54, 1.807) is 0 Å². The number of benzene rings is 1. The predicted molar refractivity (Wildman–Crippen MR) is 87.1 cm³/mol. The Morgan fingerprint density at radius 3 is 2.32 bits per heavy atom.